The molecule has 0 saturated heterocycles. The fraction of sp³-hybridized carbons (Fsp3) is 0.500. The minimum absolute atomic E-state index is 0.166. The number of benzene rings is 1. The highest BCUT2D eigenvalue weighted by Gasteiger charge is 2.18. The zero-order valence-corrected chi connectivity index (χ0v) is 16.9. The van der Waals surface area contributed by atoms with Gasteiger partial charge in [-0.3, -0.25) is 8.99 Å². The Morgan fingerprint density at radius 2 is 2.07 bits per heavy atom. The minimum Gasteiger partial charge on any atom is -0.493 e. The van der Waals surface area contributed by atoms with E-state index in [1.54, 1.807) is 19.1 Å². The van der Waals surface area contributed by atoms with Crippen molar-refractivity contribution in [2.24, 2.45) is 0 Å². The number of rotatable bonds is 9. The summed E-state index contributed by atoms with van der Waals surface area (Å²) in [5.41, 5.74) is 0.921. The van der Waals surface area contributed by atoms with E-state index in [-0.39, 0.29) is 30.6 Å². The Hall–Kier alpha value is -2.42. The number of hydrogen-bond donors (Lipinski definition) is 2. The Balaban J connectivity index is 2.38. The van der Waals surface area contributed by atoms with Crippen molar-refractivity contribution in [3.8, 4) is 5.75 Å². The van der Waals surface area contributed by atoms with E-state index in [0.29, 0.717) is 28.9 Å². The normalized spacial score (nSPS) is 13.4. The number of hydrogen-bond acceptors (Lipinski definition) is 8. The number of anilines is 1. The van der Waals surface area contributed by atoms with Gasteiger partial charge in [0.05, 0.1) is 18.7 Å². The number of carbonyl (C=O) groups is 1. The maximum atomic E-state index is 12.4. The van der Waals surface area contributed by atoms with Crippen LogP contribution in [0.1, 0.15) is 37.6 Å². The summed E-state index contributed by atoms with van der Waals surface area (Å²) in [5.74, 6) is 0.725. The number of ether oxygens (including phenoxy) is 2. The highest BCUT2D eigenvalue weighted by Crippen LogP contribution is 2.29. The van der Waals surface area contributed by atoms with Crippen molar-refractivity contribution in [2.45, 2.75) is 33.2 Å². The van der Waals surface area contributed by atoms with Gasteiger partial charge in [-0.1, -0.05) is 0 Å². The van der Waals surface area contributed by atoms with E-state index in [1.807, 2.05) is 13.8 Å². The van der Waals surface area contributed by atoms with Crippen molar-refractivity contribution < 1.29 is 18.5 Å². The molecule has 27 heavy (non-hydrogen) atoms. The Labute approximate surface area is 159 Å². The van der Waals surface area contributed by atoms with E-state index < -0.39 is 15.7 Å². The molecule has 148 valence electrons. The lowest BCUT2D eigenvalue weighted by atomic mass is 10.1. The summed E-state index contributed by atoms with van der Waals surface area (Å²) in [6.07, 6.45) is 3.30. The lowest BCUT2D eigenvalue weighted by Gasteiger charge is -2.15. The summed E-state index contributed by atoms with van der Waals surface area (Å²) < 4.78 is 29.8. The first-order chi connectivity index (χ1) is 12.7. The SMILES string of the molecule is CCOC(=O)c1cc2c(NC(C)C)ncnc2cc1OCCCS(C)(=N)=O. The van der Waals surface area contributed by atoms with Crippen LogP contribution in [-0.4, -0.2) is 51.4 Å². The third-order valence-corrected chi connectivity index (χ3v) is 4.66. The van der Waals surface area contributed by atoms with Crippen LogP contribution in [0.15, 0.2) is 18.5 Å². The van der Waals surface area contributed by atoms with Gasteiger partial charge in [-0.15, -0.1) is 0 Å². The molecule has 1 atom stereocenters. The standard InChI is InChI=1S/C18H26N4O4S/c1-5-25-18(23)14-9-13-15(20-11-21-17(13)22-12(2)3)10-16(14)26-7-6-8-27(4,19)24/h9-12,19H,5-8H2,1-4H3,(H,20,21,22). The summed E-state index contributed by atoms with van der Waals surface area (Å²) in [7, 11) is -2.57. The second-order valence-corrected chi connectivity index (χ2v) is 8.94. The maximum absolute atomic E-state index is 12.4. The molecule has 0 radical (unpaired) electrons. The first-order valence-electron chi connectivity index (χ1n) is 8.78. The lowest BCUT2D eigenvalue weighted by molar-refractivity contribution is 0.0522. The summed E-state index contributed by atoms with van der Waals surface area (Å²) in [6, 6.07) is 3.51. The molecular weight excluding hydrogens is 368 g/mol. The topological polar surface area (TPSA) is 114 Å². The molecule has 0 aliphatic heterocycles. The highest BCUT2D eigenvalue weighted by atomic mass is 32.2. The molecular formula is C18H26N4O4S. The molecule has 1 aromatic carbocycles. The zero-order chi connectivity index (χ0) is 20.0. The quantitative estimate of drug-likeness (QED) is 0.496. The van der Waals surface area contributed by atoms with E-state index in [4.69, 9.17) is 14.3 Å². The fourth-order valence-electron chi connectivity index (χ4n) is 2.48. The van der Waals surface area contributed by atoms with Crippen molar-refractivity contribution >= 4 is 32.4 Å². The van der Waals surface area contributed by atoms with Gasteiger partial charge in [0.1, 0.15) is 23.5 Å². The summed E-state index contributed by atoms with van der Waals surface area (Å²) in [6.45, 7) is 6.21. The third-order valence-electron chi connectivity index (χ3n) is 3.59. The summed E-state index contributed by atoms with van der Waals surface area (Å²) >= 11 is 0. The van der Waals surface area contributed by atoms with Gasteiger partial charge in [-0.25, -0.2) is 14.8 Å². The van der Waals surface area contributed by atoms with Crippen molar-refractivity contribution in [3.63, 3.8) is 0 Å². The number of aromatic nitrogens is 2. The van der Waals surface area contributed by atoms with E-state index in [9.17, 15) is 9.00 Å². The molecule has 0 aliphatic rings. The number of fused-ring (bicyclic) bond motifs is 1. The first-order valence-corrected chi connectivity index (χ1v) is 10.9. The average Bonchev–Trinajstić information content (AvgIpc) is 2.57. The van der Waals surface area contributed by atoms with E-state index >= 15 is 0 Å². The summed E-state index contributed by atoms with van der Waals surface area (Å²) in [4.78, 5) is 20.9. The average molecular weight is 394 g/mol. The molecule has 2 aromatic rings. The molecule has 8 nitrogen and oxygen atoms in total. The van der Waals surface area contributed by atoms with Gasteiger partial charge in [-0.05, 0) is 33.3 Å². The monoisotopic (exact) mass is 394 g/mol. The van der Waals surface area contributed by atoms with Crippen LogP contribution >= 0.6 is 0 Å². The molecule has 0 fully saturated rings. The minimum atomic E-state index is -2.57. The van der Waals surface area contributed by atoms with E-state index in [2.05, 4.69) is 15.3 Å². The largest absolute Gasteiger partial charge is 0.493 e. The molecule has 0 aliphatic carbocycles. The fourth-order valence-corrected chi connectivity index (χ4v) is 3.15. The van der Waals surface area contributed by atoms with Crippen LogP contribution in [0.25, 0.3) is 10.9 Å². The van der Waals surface area contributed by atoms with Gasteiger partial charge in [0.15, 0.2) is 0 Å². The predicted octanol–water partition coefficient (Wildman–Crippen LogP) is 3.07. The third kappa shape index (κ3) is 6.06. The van der Waals surface area contributed by atoms with Crippen molar-refractivity contribution in [1.29, 1.82) is 4.78 Å². The molecule has 2 N–H and O–H groups in total. The van der Waals surface area contributed by atoms with Gasteiger partial charge in [0, 0.05) is 39.2 Å². The van der Waals surface area contributed by atoms with Crippen LogP contribution in [0, 0.1) is 4.78 Å². The second kappa shape index (κ2) is 8.98. The summed E-state index contributed by atoms with van der Waals surface area (Å²) in [5, 5.41) is 3.94. The molecule has 0 amide bonds. The van der Waals surface area contributed by atoms with Crippen LogP contribution in [0.5, 0.6) is 5.75 Å². The van der Waals surface area contributed by atoms with E-state index in [1.165, 1.54) is 12.6 Å². The smallest absolute Gasteiger partial charge is 0.341 e. The molecule has 2 rings (SSSR count). The highest BCUT2D eigenvalue weighted by molar-refractivity contribution is 7.91. The number of nitrogens with one attached hydrogen (secondary N) is 2. The van der Waals surface area contributed by atoms with Crippen LogP contribution in [0.3, 0.4) is 0 Å². The number of nitrogens with zero attached hydrogens (tertiary/aromatic N) is 2. The van der Waals surface area contributed by atoms with Crippen LogP contribution in [-0.2, 0) is 14.5 Å². The Kier molecular flexibility index (Phi) is 6.95. The van der Waals surface area contributed by atoms with Crippen molar-refractivity contribution in [2.75, 3.05) is 30.5 Å². The first kappa shape index (κ1) is 20.9. The van der Waals surface area contributed by atoms with Crippen LogP contribution < -0.4 is 10.1 Å². The Morgan fingerprint density at radius 3 is 2.70 bits per heavy atom. The molecule has 0 bridgehead atoms. The van der Waals surface area contributed by atoms with Crippen LogP contribution in [0.2, 0.25) is 0 Å². The van der Waals surface area contributed by atoms with Gasteiger partial charge in [0.2, 0.25) is 0 Å². The van der Waals surface area contributed by atoms with Crippen molar-refractivity contribution in [1.82, 2.24) is 9.97 Å². The molecule has 1 unspecified atom stereocenters. The van der Waals surface area contributed by atoms with Gasteiger partial charge in [-0.2, -0.15) is 0 Å². The molecule has 1 aromatic heterocycles. The lowest BCUT2D eigenvalue weighted by Crippen LogP contribution is -2.13. The molecule has 9 heteroatoms. The number of esters is 1. The van der Waals surface area contributed by atoms with Gasteiger partial charge >= 0.3 is 5.97 Å². The van der Waals surface area contributed by atoms with Gasteiger partial charge in [0.25, 0.3) is 0 Å². The van der Waals surface area contributed by atoms with Crippen LogP contribution in [0.4, 0.5) is 5.82 Å². The Bertz CT molecular complexity index is 913. The molecule has 1 heterocycles. The van der Waals surface area contributed by atoms with Gasteiger partial charge < -0.3 is 14.8 Å². The number of carbonyl (C=O) groups excluding carboxylic acids is 1. The van der Waals surface area contributed by atoms with E-state index in [0.717, 1.165) is 0 Å². The second-order valence-electron chi connectivity index (χ2n) is 6.52. The zero-order valence-electron chi connectivity index (χ0n) is 16.1. The predicted molar refractivity (Wildman–Crippen MR) is 106 cm³/mol. The van der Waals surface area contributed by atoms with Crippen molar-refractivity contribution in [3.05, 3.63) is 24.0 Å². The molecule has 0 saturated carbocycles. The Morgan fingerprint density at radius 1 is 1.33 bits per heavy atom. The molecule has 0 spiro atoms. The maximum Gasteiger partial charge on any atom is 0.341 e.